The second-order valence-corrected chi connectivity index (χ2v) is 13.9. The van der Waals surface area contributed by atoms with Crippen molar-refractivity contribution in [1.82, 2.24) is 4.31 Å². The van der Waals surface area contributed by atoms with Gasteiger partial charge in [-0.15, -0.1) is 0 Å². The third kappa shape index (κ3) is 7.68. The number of esters is 1. The number of rotatable bonds is 9. The summed E-state index contributed by atoms with van der Waals surface area (Å²) in [5.41, 5.74) is -0.465. The fourth-order valence-electron chi connectivity index (χ4n) is 4.46. The molecule has 2 atom stereocenters. The van der Waals surface area contributed by atoms with E-state index in [0.717, 1.165) is 22.0 Å². The Balaban J connectivity index is 1.95. The van der Waals surface area contributed by atoms with Gasteiger partial charge >= 0.3 is 12.1 Å². The predicted octanol–water partition coefficient (Wildman–Crippen LogP) is 5.64. The number of nitrogens with zero attached hydrogens (tertiary/aromatic N) is 1. The average Bonchev–Trinajstić information content (AvgIpc) is 2.85. The number of benzene rings is 2. The predicted molar refractivity (Wildman–Crippen MR) is 141 cm³/mol. The van der Waals surface area contributed by atoms with Crippen molar-refractivity contribution < 1.29 is 40.4 Å². The molecule has 0 radical (unpaired) electrons. The minimum absolute atomic E-state index is 0.110. The lowest BCUT2D eigenvalue weighted by Gasteiger charge is -2.33. The van der Waals surface area contributed by atoms with E-state index >= 15 is 0 Å². The monoisotopic (exact) mass is 589 g/mol. The normalized spacial score (nSPS) is 17.0. The molecule has 0 aliphatic heterocycles. The Labute approximate surface area is 230 Å². The minimum Gasteiger partial charge on any atom is -0.611 e. The molecule has 0 N–H and O–H groups in total. The van der Waals surface area contributed by atoms with Gasteiger partial charge in [0, 0.05) is 19.2 Å². The minimum atomic E-state index is -4.81. The maximum atomic E-state index is 13.7. The van der Waals surface area contributed by atoms with E-state index in [9.17, 15) is 30.9 Å². The van der Waals surface area contributed by atoms with Crippen molar-refractivity contribution in [1.29, 1.82) is 0 Å². The first kappa shape index (κ1) is 31.3. The van der Waals surface area contributed by atoms with Gasteiger partial charge in [-0.1, -0.05) is 19.1 Å². The van der Waals surface area contributed by atoms with E-state index in [1.54, 1.807) is 45.9 Å². The SMILES string of the molecule is CCC[S+]([O-])c1cc(C(F)(F)F)cc(S(=O)(=O)N(C)[C@@H]2CCCc3c(OCC(=O)OC(C)(C)C)cccc32)c1. The van der Waals surface area contributed by atoms with Crippen molar-refractivity contribution in [2.24, 2.45) is 0 Å². The van der Waals surface area contributed by atoms with E-state index in [4.69, 9.17) is 9.47 Å². The fourth-order valence-corrected chi connectivity index (χ4v) is 7.10. The zero-order valence-electron chi connectivity index (χ0n) is 22.6. The van der Waals surface area contributed by atoms with E-state index in [-0.39, 0.29) is 17.3 Å². The van der Waals surface area contributed by atoms with Crippen molar-refractivity contribution in [3.63, 3.8) is 0 Å². The Bertz CT molecular complexity index is 1290. The zero-order chi connectivity index (χ0) is 29.2. The number of fused-ring (bicyclic) bond motifs is 1. The summed E-state index contributed by atoms with van der Waals surface area (Å²) in [6.07, 6.45) is -2.74. The molecule has 39 heavy (non-hydrogen) atoms. The second kappa shape index (κ2) is 12.1. The molecule has 1 aliphatic carbocycles. The molecule has 3 rings (SSSR count). The van der Waals surface area contributed by atoms with Crippen LogP contribution >= 0.6 is 0 Å². The number of halogens is 3. The molecule has 2 aromatic rings. The quantitative estimate of drug-likeness (QED) is 0.278. The number of sulfonamides is 1. The van der Waals surface area contributed by atoms with Gasteiger partial charge in [0.25, 0.3) is 0 Å². The summed E-state index contributed by atoms with van der Waals surface area (Å²) >= 11 is -1.78. The van der Waals surface area contributed by atoms with Crippen LogP contribution in [0.5, 0.6) is 5.75 Å². The first-order valence-electron chi connectivity index (χ1n) is 12.6. The molecule has 0 heterocycles. The van der Waals surface area contributed by atoms with Crippen molar-refractivity contribution in [2.75, 3.05) is 19.4 Å². The molecule has 0 amide bonds. The maximum absolute atomic E-state index is 13.7. The van der Waals surface area contributed by atoms with Crippen molar-refractivity contribution >= 4 is 27.2 Å². The van der Waals surface area contributed by atoms with Gasteiger partial charge < -0.3 is 14.0 Å². The number of carbonyl (C=O) groups is 1. The van der Waals surface area contributed by atoms with Crippen LogP contribution in [-0.4, -0.2) is 48.3 Å². The molecule has 12 heteroatoms. The lowest BCUT2D eigenvalue weighted by atomic mass is 9.87. The Morgan fingerprint density at radius 1 is 1.18 bits per heavy atom. The average molecular weight is 590 g/mol. The molecule has 7 nitrogen and oxygen atoms in total. The first-order valence-corrected chi connectivity index (χ1v) is 15.4. The van der Waals surface area contributed by atoms with E-state index in [2.05, 4.69) is 0 Å². The molecule has 1 unspecified atom stereocenters. The third-order valence-electron chi connectivity index (χ3n) is 6.17. The summed E-state index contributed by atoms with van der Waals surface area (Å²) in [5, 5.41) is 0. The van der Waals surface area contributed by atoms with Crippen LogP contribution in [0, 0.1) is 0 Å². The molecule has 0 aromatic heterocycles. The Hall–Kier alpha value is -2.28. The molecule has 0 fully saturated rings. The lowest BCUT2D eigenvalue weighted by Crippen LogP contribution is -2.34. The van der Waals surface area contributed by atoms with Crippen LogP contribution < -0.4 is 4.74 Å². The Morgan fingerprint density at radius 2 is 1.87 bits per heavy atom. The standard InChI is InChI=1S/C27H34F3NO6S2/c1-6-13-38(33)19-14-18(27(28,29)30)15-20(16-19)39(34,35)31(5)23-11-7-10-22-21(23)9-8-12-24(22)36-17-25(32)37-26(2,3)4/h8-9,12,14-16,23H,6-7,10-11,13,17H2,1-5H3/t23-,38?/m1/s1. The Kier molecular flexibility index (Phi) is 9.67. The number of ether oxygens (including phenoxy) is 2. The molecule has 2 aromatic carbocycles. The van der Waals surface area contributed by atoms with Crippen molar-refractivity contribution in [3.8, 4) is 5.75 Å². The molecule has 0 spiro atoms. The molecular weight excluding hydrogens is 555 g/mol. The molecular formula is C27H34F3NO6S2. The number of hydrogen-bond acceptors (Lipinski definition) is 6. The van der Waals surface area contributed by atoms with E-state index < -0.39 is 55.4 Å². The lowest BCUT2D eigenvalue weighted by molar-refractivity contribution is -0.157. The van der Waals surface area contributed by atoms with Gasteiger partial charge in [-0.3, -0.25) is 0 Å². The Morgan fingerprint density at radius 3 is 2.49 bits per heavy atom. The van der Waals surface area contributed by atoms with Crippen LogP contribution in [0.2, 0.25) is 0 Å². The highest BCUT2D eigenvalue weighted by Gasteiger charge is 2.38. The van der Waals surface area contributed by atoms with Crippen LogP contribution in [0.15, 0.2) is 46.2 Å². The van der Waals surface area contributed by atoms with Gasteiger partial charge in [-0.2, -0.15) is 17.5 Å². The number of hydrogen-bond donors (Lipinski definition) is 0. The molecule has 0 bridgehead atoms. The zero-order valence-corrected chi connectivity index (χ0v) is 24.3. The molecule has 1 aliphatic rings. The van der Waals surface area contributed by atoms with Crippen molar-refractivity contribution in [3.05, 3.63) is 53.1 Å². The molecule has 0 saturated heterocycles. The van der Waals surface area contributed by atoms with Gasteiger partial charge in [-0.05, 0) is 80.9 Å². The first-order chi connectivity index (χ1) is 18.0. The van der Waals surface area contributed by atoms with Gasteiger partial charge in [0.15, 0.2) is 11.5 Å². The topological polar surface area (TPSA) is 96.0 Å². The van der Waals surface area contributed by atoms with Crippen LogP contribution in [0.3, 0.4) is 0 Å². The summed E-state index contributed by atoms with van der Waals surface area (Å²) < 4.78 is 92.9. The summed E-state index contributed by atoms with van der Waals surface area (Å²) in [5.74, 6) is -0.0169. The van der Waals surface area contributed by atoms with Crippen LogP contribution in [-0.2, 0) is 43.3 Å². The summed E-state index contributed by atoms with van der Waals surface area (Å²) in [7, 11) is -3.08. The van der Waals surface area contributed by atoms with E-state index in [0.29, 0.717) is 43.1 Å². The maximum Gasteiger partial charge on any atom is 0.416 e. The summed E-state index contributed by atoms with van der Waals surface area (Å²) in [6.45, 7) is 6.64. The van der Waals surface area contributed by atoms with Crippen LogP contribution in [0.4, 0.5) is 13.2 Å². The largest absolute Gasteiger partial charge is 0.611 e. The summed E-state index contributed by atoms with van der Waals surface area (Å²) in [6, 6.07) is 6.83. The highest BCUT2D eigenvalue weighted by molar-refractivity contribution is 7.91. The van der Waals surface area contributed by atoms with Gasteiger partial charge in [-0.25, -0.2) is 13.2 Å². The third-order valence-corrected chi connectivity index (χ3v) is 9.56. The fraction of sp³-hybridized carbons (Fsp3) is 0.519. The van der Waals surface area contributed by atoms with Gasteiger partial charge in [0.05, 0.1) is 16.5 Å². The number of alkyl halides is 3. The van der Waals surface area contributed by atoms with E-state index in [1.165, 1.54) is 7.05 Å². The van der Waals surface area contributed by atoms with E-state index in [1.807, 2.05) is 0 Å². The number of carbonyl (C=O) groups excluding carboxylic acids is 1. The summed E-state index contributed by atoms with van der Waals surface area (Å²) in [4.78, 5) is 11.4. The van der Waals surface area contributed by atoms with Gasteiger partial charge in [0.2, 0.25) is 10.0 Å². The van der Waals surface area contributed by atoms with Crippen LogP contribution in [0.25, 0.3) is 0 Å². The molecule has 0 saturated carbocycles. The smallest absolute Gasteiger partial charge is 0.416 e. The van der Waals surface area contributed by atoms with Crippen LogP contribution in [0.1, 0.15) is 69.7 Å². The van der Waals surface area contributed by atoms with Gasteiger partial charge in [0.1, 0.15) is 17.1 Å². The highest BCUT2D eigenvalue weighted by atomic mass is 32.2. The second-order valence-electron chi connectivity index (χ2n) is 10.4. The molecule has 216 valence electrons. The van der Waals surface area contributed by atoms with Crippen molar-refractivity contribution in [2.45, 2.75) is 81.0 Å². The highest BCUT2D eigenvalue weighted by Crippen LogP contribution is 2.41.